The van der Waals surface area contributed by atoms with Crippen molar-refractivity contribution < 1.29 is 0 Å². The average molecular weight is 312 g/mol. The Kier molecular flexibility index (Phi) is 3.66. The standard InChI is InChI=1S/C15H20N8/c1-21-9-12(7-19-21)10-22-3-2-4-23(6-5-22)15-16-8-13-14(20-15)18-11-17-13/h7-9,11H,2-6,10H2,1H3,(H,16,17,18,20). The number of hydrogen-bond acceptors (Lipinski definition) is 6. The molecule has 23 heavy (non-hydrogen) atoms. The molecule has 0 atom stereocenters. The molecular weight excluding hydrogens is 292 g/mol. The van der Waals surface area contributed by atoms with Crippen molar-refractivity contribution in [2.45, 2.75) is 13.0 Å². The van der Waals surface area contributed by atoms with Crippen molar-refractivity contribution >= 4 is 17.1 Å². The summed E-state index contributed by atoms with van der Waals surface area (Å²) in [6.07, 6.45) is 8.58. The Bertz CT molecular complexity index is 791. The first-order chi connectivity index (χ1) is 11.3. The Balaban J connectivity index is 1.44. The van der Waals surface area contributed by atoms with E-state index in [2.05, 4.69) is 41.0 Å². The molecule has 8 nitrogen and oxygen atoms in total. The second kappa shape index (κ2) is 5.96. The molecule has 8 heteroatoms. The van der Waals surface area contributed by atoms with Crippen LogP contribution in [0.5, 0.6) is 0 Å². The first kappa shape index (κ1) is 14.1. The van der Waals surface area contributed by atoms with Crippen LogP contribution in [0.4, 0.5) is 5.95 Å². The van der Waals surface area contributed by atoms with Gasteiger partial charge in [0.25, 0.3) is 0 Å². The molecule has 1 aliphatic rings. The van der Waals surface area contributed by atoms with Gasteiger partial charge in [0.15, 0.2) is 5.65 Å². The van der Waals surface area contributed by atoms with Crippen molar-refractivity contribution in [3.05, 3.63) is 30.5 Å². The Morgan fingerprint density at radius 3 is 2.96 bits per heavy atom. The van der Waals surface area contributed by atoms with Gasteiger partial charge in [-0.25, -0.2) is 9.97 Å². The maximum absolute atomic E-state index is 4.55. The number of fused-ring (bicyclic) bond motifs is 1. The summed E-state index contributed by atoms with van der Waals surface area (Å²) in [4.78, 5) is 21.0. The molecule has 120 valence electrons. The largest absolute Gasteiger partial charge is 0.342 e. The first-order valence-electron chi connectivity index (χ1n) is 7.89. The van der Waals surface area contributed by atoms with Gasteiger partial charge in [-0.15, -0.1) is 0 Å². The van der Waals surface area contributed by atoms with E-state index in [0.717, 1.165) is 56.3 Å². The maximum Gasteiger partial charge on any atom is 0.227 e. The zero-order chi connectivity index (χ0) is 15.6. The number of anilines is 1. The normalized spacial score (nSPS) is 16.8. The van der Waals surface area contributed by atoms with E-state index >= 15 is 0 Å². The molecule has 0 aromatic carbocycles. The lowest BCUT2D eigenvalue weighted by Crippen LogP contribution is -2.31. The molecule has 0 spiro atoms. The van der Waals surface area contributed by atoms with Gasteiger partial charge in [-0.2, -0.15) is 10.1 Å². The fourth-order valence-corrected chi connectivity index (χ4v) is 3.02. The van der Waals surface area contributed by atoms with E-state index in [-0.39, 0.29) is 0 Å². The first-order valence-corrected chi connectivity index (χ1v) is 7.89. The van der Waals surface area contributed by atoms with Crippen LogP contribution in [-0.4, -0.2) is 60.8 Å². The third-order valence-corrected chi connectivity index (χ3v) is 4.20. The van der Waals surface area contributed by atoms with Gasteiger partial charge in [0.2, 0.25) is 5.95 Å². The van der Waals surface area contributed by atoms with Gasteiger partial charge >= 0.3 is 0 Å². The van der Waals surface area contributed by atoms with Crippen LogP contribution >= 0.6 is 0 Å². The molecule has 4 rings (SSSR count). The molecule has 0 saturated carbocycles. The molecule has 0 amide bonds. The maximum atomic E-state index is 4.55. The minimum atomic E-state index is 0.728. The van der Waals surface area contributed by atoms with Crippen molar-refractivity contribution in [1.29, 1.82) is 0 Å². The molecule has 1 N–H and O–H groups in total. The van der Waals surface area contributed by atoms with E-state index in [1.54, 1.807) is 6.33 Å². The van der Waals surface area contributed by atoms with E-state index in [0.29, 0.717) is 0 Å². The van der Waals surface area contributed by atoms with Crippen molar-refractivity contribution in [2.75, 3.05) is 31.1 Å². The zero-order valence-electron chi connectivity index (χ0n) is 13.2. The van der Waals surface area contributed by atoms with Gasteiger partial charge in [0.05, 0.1) is 18.7 Å². The molecular formula is C15H20N8. The lowest BCUT2D eigenvalue weighted by Gasteiger charge is -2.21. The van der Waals surface area contributed by atoms with Crippen molar-refractivity contribution in [3.8, 4) is 0 Å². The van der Waals surface area contributed by atoms with E-state index < -0.39 is 0 Å². The molecule has 0 bridgehead atoms. The highest BCUT2D eigenvalue weighted by atomic mass is 15.3. The number of imidazole rings is 1. The summed E-state index contributed by atoms with van der Waals surface area (Å²) < 4.78 is 1.85. The van der Waals surface area contributed by atoms with Gasteiger partial charge < -0.3 is 9.88 Å². The monoisotopic (exact) mass is 312 g/mol. The topological polar surface area (TPSA) is 78.8 Å². The number of nitrogens with zero attached hydrogens (tertiary/aromatic N) is 7. The van der Waals surface area contributed by atoms with E-state index in [1.165, 1.54) is 5.56 Å². The summed E-state index contributed by atoms with van der Waals surface area (Å²) in [5.74, 6) is 0.771. The second-order valence-corrected chi connectivity index (χ2v) is 5.95. The number of aryl methyl sites for hydroxylation is 1. The molecule has 0 radical (unpaired) electrons. The van der Waals surface area contributed by atoms with Crippen LogP contribution < -0.4 is 4.90 Å². The number of hydrogen-bond donors (Lipinski definition) is 1. The molecule has 4 heterocycles. The predicted molar refractivity (Wildman–Crippen MR) is 87.0 cm³/mol. The lowest BCUT2D eigenvalue weighted by atomic mass is 10.3. The summed E-state index contributed by atoms with van der Waals surface area (Å²) in [6.45, 7) is 4.92. The Morgan fingerprint density at radius 2 is 2.09 bits per heavy atom. The van der Waals surface area contributed by atoms with E-state index in [9.17, 15) is 0 Å². The van der Waals surface area contributed by atoms with Gasteiger partial charge in [-0.3, -0.25) is 9.58 Å². The molecule has 1 fully saturated rings. The summed E-state index contributed by atoms with van der Waals surface area (Å²) in [7, 11) is 1.95. The predicted octanol–water partition coefficient (Wildman–Crippen LogP) is 0.799. The van der Waals surface area contributed by atoms with Gasteiger partial charge in [0.1, 0.15) is 5.52 Å². The van der Waals surface area contributed by atoms with E-state index in [4.69, 9.17) is 0 Å². The third-order valence-electron chi connectivity index (χ3n) is 4.20. The molecule has 3 aromatic rings. The fourth-order valence-electron chi connectivity index (χ4n) is 3.02. The van der Waals surface area contributed by atoms with Crippen LogP contribution in [0.25, 0.3) is 11.2 Å². The van der Waals surface area contributed by atoms with Gasteiger partial charge in [-0.1, -0.05) is 0 Å². The summed E-state index contributed by atoms with van der Waals surface area (Å²) in [6, 6.07) is 0. The molecule has 1 aliphatic heterocycles. The molecule has 1 saturated heterocycles. The smallest absolute Gasteiger partial charge is 0.227 e. The average Bonchev–Trinajstić information content (AvgIpc) is 3.11. The Labute approximate surface area is 134 Å². The number of rotatable bonds is 3. The van der Waals surface area contributed by atoms with Crippen LogP contribution in [0, 0.1) is 0 Å². The lowest BCUT2D eigenvalue weighted by molar-refractivity contribution is 0.285. The van der Waals surface area contributed by atoms with Crippen LogP contribution in [0.3, 0.4) is 0 Å². The Hall–Kier alpha value is -2.48. The number of aromatic nitrogens is 6. The second-order valence-electron chi connectivity index (χ2n) is 5.95. The van der Waals surface area contributed by atoms with Crippen LogP contribution in [0.2, 0.25) is 0 Å². The molecule has 3 aromatic heterocycles. The van der Waals surface area contributed by atoms with E-state index in [1.807, 2.05) is 24.1 Å². The summed E-state index contributed by atoms with van der Waals surface area (Å²) in [5.41, 5.74) is 2.86. The SMILES string of the molecule is Cn1cc(CN2CCCN(c3ncc4[nH]cnc4n3)CC2)cn1. The zero-order valence-corrected chi connectivity index (χ0v) is 13.2. The number of nitrogens with one attached hydrogen (secondary N) is 1. The fraction of sp³-hybridized carbons (Fsp3) is 0.467. The van der Waals surface area contributed by atoms with Crippen molar-refractivity contribution in [3.63, 3.8) is 0 Å². The third kappa shape index (κ3) is 3.02. The molecule has 0 unspecified atom stereocenters. The van der Waals surface area contributed by atoms with Crippen LogP contribution in [0.15, 0.2) is 24.9 Å². The Morgan fingerprint density at radius 1 is 1.13 bits per heavy atom. The quantitative estimate of drug-likeness (QED) is 0.770. The molecule has 0 aliphatic carbocycles. The number of aromatic amines is 1. The summed E-state index contributed by atoms with van der Waals surface area (Å²) in [5, 5.41) is 4.24. The van der Waals surface area contributed by atoms with Crippen molar-refractivity contribution in [2.24, 2.45) is 7.05 Å². The highest BCUT2D eigenvalue weighted by molar-refractivity contribution is 5.69. The highest BCUT2D eigenvalue weighted by Crippen LogP contribution is 2.15. The minimum absolute atomic E-state index is 0.728. The van der Waals surface area contributed by atoms with Gasteiger partial charge in [-0.05, 0) is 6.42 Å². The van der Waals surface area contributed by atoms with Crippen molar-refractivity contribution in [1.82, 2.24) is 34.6 Å². The summed E-state index contributed by atoms with van der Waals surface area (Å²) >= 11 is 0. The number of H-pyrrole nitrogens is 1. The van der Waals surface area contributed by atoms with Crippen LogP contribution in [-0.2, 0) is 13.6 Å². The highest BCUT2D eigenvalue weighted by Gasteiger charge is 2.18. The van der Waals surface area contributed by atoms with Crippen LogP contribution in [0.1, 0.15) is 12.0 Å². The van der Waals surface area contributed by atoms with Gasteiger partial charge in [0, 0.05) is 51.5 Å². The minimum Gasteiger partial charge on any atom is -0.342 e.